The van der Waals surface area contributed by atoms with E-state index < -0.39 is 0 Å². The van der Waals surface area contributed by atoms with Crippen LogP contribution in [0.15, 0.2) is 48.5 Å². The second-order valence-corrected chi connectivity index (χ2v) is 8.68. The van der Waals surface area contributed by atoms with Crippen molar-refractivity contribution in [2.45, 2.75) is 25.2 Å². The Labute approximate surface area is 195 Å². The van der Waals surface area contributed by atoms with Gasteiger partial charge in [0.1, 0.15) is 18.1 Å². The van der Waals surface area contributed by atoms with Crippen molar-refractivity contribution < 1.29 is 19.1 Å². The van der Waals surface area contributed by atoms with E-state index in [1.165, 1.54) is 5.56 Å². The van der Waals surface area contributed by atoms with Gasteiger partial charge in [0.2, 0.25) is 5.91 Å². The summed E-state index contributed by atoms with van der Waals surface area (Å²) >= 11 is 0. The maximum absolute atomic E-state index is 11.7. The van der Waals surface area contributed by atoms with Crippen LogP contribution < -0.4 is 20.1 Å². The molecule has 2 aliphatic rings. The van der Waals surface area contributed by atoms with Crippen molar-refractivity contribution in [2.24, 2.45) is 5.92 Å². The van der Waals surface area contributed by atoms with Crippen LogP contribution in [0.1, 0.15) is 41.1 Å². The third-order valence-electron chi connectivity index (χ3n) is 6.52. The second kappa shape index (κ2) is 11.2. The molecule has 7 heteroatoms. The van der Waals surface area contributed by atoms with E-state index in [1.54, 1.807) is 19.2 Å². The Morgan fingerprint density at radius 2 is 1.82 bits per heavy atom. The van der Waals surface area contributed by atoms with Crippen molar-refractivity contribution in [2.75, 3.05) is 46.4 Å². The maximum Gasteiger partial charge on any atom is 0.251 e. The highest BCUT2D eigenvalue weighted by atomic mass is 16.5. The van der Waals surface area contributed by atoms with E-state index in [0.717, 1.165) is 44.0 Å². The van der Waals surface area contributed by atoms with Crippen LogP contribution in [0.2, 0.25) is 0 Å². The SMILES string of the molecule is CNC(=O)c1ccc(OC[C@@H]2CNCC[C@H]2c2ccc(OCCN3CCCC3=O)cc2)cc1. The number of likely N-dealkylation sites (tertiary alicyclic amines) is 1. The van der Waals surface area contributed by atoms with Gasteiger partial charge in [0.05, 0.1) is 13.2 Å². The summed E-state index contributed by atoms with van der Waals surface area (Å²) in [6.45, 7) is 4.52. The van der Waals surface area contributed by atoms with E-state index in [4.69, 9.17) is 9.47 Å². The number of nitrogens with one attached hydrogen (secondary N) is 2. The van der Waals surface area contributed by atoms with Gasteiger partial charge in [-0.25, -0.2) is 0 Å². The van der Waals surface area contributed by atoms with Gasteiger partial charge < -0.3 is 25.0 Å². The lowest BCUT2D eigenvalue weighted by atomic mass is 9.81. The van der Waals surface area contributed by atoms with Crippen molar-refractivity contribution in [1.82, 2.24) is 15.5 Å². The molecule has 0 spiro atoms. The molecule has 0 aliphatic carbocycles. The summed E-state index contributed by atoms with van der Waals surface area (Å²) in [7, 11) is 1.62. The summed E-state index contributed by atoms with van der Waals surface area (Å²) in [6.07, 6.45) is 2.67. The summed E-state index contributed by atoms with van der Waals surface area (Å²) in [5.74, 6) is 2.50. The maximum atomic E-state index is 11.7. The molecule has 2 atom stereocenters. The van der Waals surface area contributed by atoms with E-state index in [9.17, 15) is 9.59 Å². The Bertz CT molecular complexity index is 930. The zero-order chi connectivity index (χ0) is 23.0. The summed E-state index contributed by atoms with van der Waals surface area (Å²) in [6, 6.07) is 15.6. The fourth-order valence-corrected chi connectivity index (χ4v) is 4.61. The molecule has 2 saturated heterocycles. The van der Waals surface area contributed by atoms with E-state index in [2.05, 4.69) is 22.8 Å². The molecule has 0 unspecified atom stereocenters. The molecule has 0 aromatic heterocycles. The second-order valence-electron chi connectivity index (χ2n) is 8.68. The quantitative estimate of drug-likeness (QED) is 0.613. The lowest BCUT2D eigenvalue weighted by molar-refractivity contribution is -0.128. The van der Waals surface area contributed by atoms with Crippen LogP contribution >= 0.6 is 0 Å². The van der Waals surface area contributed by atoms with Crippen molar-refractivity contribution in [3.05, 3.63) is 59.7 Å². The number of benzene rings is 2. The Morgan fingerprint density at radius 1 is 1.09 bits per heavy atom. The van der Waals surface area contributed by atoms with Gasteiger partial charge in [-0.3, -0.25) is 9.59 Å². The Hall–Kier alpha value is -3.06. The first kappa shape index (κ1) is 23.1. The zero-order valence-corrected chi connectivity index (χ0v) is 19.2. The molecule has 0 bridgehead atoms. The van der Waals surface area contributed by atoms with E-state index in [1.807, 2.05) is 29.2 Å². The highest BCUT2D eigenvalue weighted by Gasteiger charge is 2.27. The molecular formula is C26H33N3O4. The monoisotopic (exact) mass is 451 g/mol. The molecule has 33 heavy (non-hydrogen) atoms. The van der Waals surface area contributed by atoms with E-state index in [0.29, 0.717) is 43.6 Å². The lowest BCUT2D eigenvalue weighted by Crippen LogP contribution is -2.38. The van der Waals surface area contributed by atoms with Gasteiger partial charge in [0.15, 0.2) is 0 Å². The minimum absolute atomic E-state index is 0.102. The zero-order valence-electron chi connectivity index (χ0n) is 19.2. The molecule has 2 N–H and O–H groups in total. The topological polar surface area (TPSA) is 79.9 Å². The fraction of sp³-hybridized carbons (Fsp3) is 0.462. The molecule has 4 rings (SSSR count). The van der Waals surface area contributed by atoms with Crippen LogP contribution in [0.5, 0.6) is 11.5 Å². The highest BCUT2D eigenvalue weighted by Crippen LogP contribution is 2.32. The predicted octanol–water partition coefficient (Wildman–Crippen LogP) is 2.82. The third-order valence-corrected chi connectivity index (χ3v) is 6.52. The fourth-order valence-electron chi connectivity index (χ4n) is 4.61. The minimum Gasteiger partial charge on any atom is -0.493 e. The molecule has 2 aromatic carbocycles. The van der Waals surface area contributed by atoms with Gasteiger partial charge in [-0.2, -0.15) is 0 Å². The first-order valence-corrected chi connectivity index (χ1v) is 11.8. The Kier molecular flexibility index (Phi) is 7.83. The number of nitrogens with zero attached hydrogens (tertiary/aromatic N) is 1. The molecule has 0 saturated carbocycles. The number of piperidine rings is 1. The number of carbonyl (C=O) groups is 2. The first-order valence-electron chi connectivity index (χ1n) is 11.8. The predicted molar refractivity (Wildman–Crippen MR) is 127 cm³/mol. The standard InChI is InChI=1S/C26H33N3O4/c1-27-26(31)20-6-10-23(11-7-20)33-18-21-17-28-13-12-24(21)19-4-8-22(9-5-19)32-16-15-29-14-2-3-25(29)30/h4-11,21,24,28H,2-3,12-18H2,1H3,(H,27,31)/t21-,24-/m0/s1. The van der Waals surface area contributed by atoms with Gasteiger partial charge >= 0.3 is 0 Å². The normalized spacial score (nSPS) is 20.5. The van der Waals surface area contributed by atoms with Crippen molar-refractivity contribution in [1.29, 1.82) is 0 Å². The van der Waals surface area contributed by atoms with Crippen molar-refractivity contribution >= 4 is 11.8 Å². The van der Waals surface area contributed by atoms with Gasteiger partial charge in [0, 0.05) is 38.0 Å². The number of hydrogen-bond acceptors (Lipinski definition) is 5. The van der Waals surface area contributed by atoms with Crippen LogP contribution in [0, 0.1) is 5.92 Å². The van der Waals surface area contributed by atoms with Gasteiger partial charge in [-0.15, -0.1) is 0 Å². The molecular weight excluding hydrogens is 418 g/mol. The number of rotatable bonds is 9. The van der Waals surface area contributed by atoms with Crippen molar-refractivity contribution in [3.8, 4) is 11.5 Å². The van der Waals surface area contributed by atoms with Crippen LogP contribution in [-0.2, 0) is 4.79 Å². The largest absolute Gasteiger partial charge is 0.493 e. The summed E-state index contributed by atoms with van der Waals surface area (Å²) in [4.78, 5) is 25.3. The molecule has 7 nitrogen and oxygen atoms in total. The summed E-state index contributed by atoms with van der Waals surface area (Å²) in [5.41, 5.74) is 1.92. The summed E-state index contributed by atoms with van der Waals surface area (Å²) < 4.78 is 11.9. The van der Waals surface area contributed by atoms with Gasteiger partial charge in [-0.1, -0.05) is 12.1 Å². The van der Waals surface area contributed by atoms with E-state index in [-0.39, 0.29) is 11.8 Å². The number of amides is 2. The average molecular weight is 452 g/mol. The van der Waals surface area contributed by atoms with Gasteiger partial charge in [-0.05, 0) is 67.3 Å². The molecule has 176 valence electrons. The van der Waals surface area contributed by atoms with Crippen LogP contribution in [-0.4, -0.2) is 63.2 Å². The number of hydrogen-bond donors (Lipinski definition) is 2. The van der Waals surface area contributed by atoms with Crippen molar-refractivity contribution in [3.63, 3.8) is 0 Å². The number of carbonyl (C=O) groups excluding carboxylic acids is 2. The summed E-state index contributed by atoms with van der Waals surface area (Å²) in [5, 5.41) is 6.11. The molecule has 2 fully saturated rings. The molecule has 2 aromatic rings. The molecule has 2 amide bonds. The molecule has 2 heterocycles. The van der Waals surface area contributed by atoms with Crippen LogP contribution in [0.25, 0.3) is 0 Å². The van der Waals surface area contributed by atoms with Gasteiger partial charge in [0.25, 0.3) is 5.91 Å². The number of ether oxygens (including phenoxy) is 2. The van der Waals surface area contributed by atoms with E-state index >= 15 is 0 Å². The molecule has 0 radical (unpaired) electrons. The highest BCUT2D eigenvalue weighted by molar-refractivity contribution is 5.94. The Balaban J connectivity index is 1.30. The third kappa shape index (κ3) is 6.05. The van der Waals surface area contributed by atoms with Crippen LogP contribution in [0.3, 0.4) is 0 Å². The first-order chi connectivity index (χ1) is 16.1. The van der Waals surface area contributed by atoms with Crippen LogP contribution in [0.4, 0.5) is 0 Å². The minimum atomic E-state index is -0.102. The lowest BCUT2D eigenvalue weighted by Gasteiger charge is -2.32. The average Bonchev–Trinajstić information content (AvgIpc) is 3.27. The smallest absolute Gasteiger partial charge is 0.251 e. The Morgan fingerprint density at radius 3 is 2.52 bits per heavy atom. The molecule has 2 aliphatic heterocycles.